The molecule has 5 nitrogen and oxygen atoms in total. The molecule has 0 aliphatic rings. The van der Waals surface area contributed by atoms with Crippen LogP contribution in [-0.2, 0) is 13.7 Å². The Morgan fingerprint density at radius 2 is 1.35 bits per heavy atom. The normalized spacial score (nSPS) is 12.2. The molecule has 26 heavy (non-hydrogen) atoms. The molecule has 0 aromatic carbocycles. The monoisotopic (exact) mass is 541 g/mol. The Morgan fingerprint density at radius 3 is 1.81 bits per heavy atom. The molecule has 0 fully saturated rings. The number of hydrogen-bond acceptors (Lipinski definition) is 3. The van der Waals surface area contributed by atoms with Crippen LogP contribution in [0.15, 0.2) is 0 Å². The average molecular weight is 544 g/mol. The Kier molecular flexibility index (Phi) is 32.9. The average Bonchev–Trinajstić information content (AvgIpc) is 2.57. The quantitative estimate of drug-likeness (QED) is 0.172. The van der Waals surface area contributed by atoms with Crippen LogP contribution in [0.3, 0.4) is 0 Å². The molecular formula is C18H41NdO5P2+. The molecule has 8 heteroatoms. The van der Waals surface area contributed by atoms with Crippen molar-refractivity contribution in [2.24, 2.45) is 5.92 Å². The number of unbranched alkanes of at least 4 members (excludes halogenated alkanes) is 8. The maximum atomic E-state index is 11.8. The smallest absolute Gasteiger partial charge is 0.326 e. The zero-order valence-electron chi connectivity index (χ0n) is 17.0. The summed E-state index contributed by atoms with van der Waals surface area (Å²) in [4.78, 5) is 14.3. The Labute approximate surface area is 195 Å². The minimum atomic E-state index is -3.13. The minimum absolute atomic E-state index is 0. The molecule has 0 radical (unpaired) electrons. The molecular weight excluding hydrogens is 502 g/mol. The van der Waals surface area contributed by atoms with Gasteiger partial charge >= 0.3 is 16.3 Å². The summed E-state index contributed by atoms with van der Waals surface area (Å²) in [5.41, 5.74) is 0. The third-order valence-corrected chi connectivity index (χ3v) is 5.31. The van der Waals surface area contributed by atoms with Gasteiger partial charge < -0.3 is 9.79 Å². The Bertz CT molecular complexity index is 316. The number of rotatable bonds is 16. The van der Waals surface area contributed by atoms with Gasteiger partial charge in [-0.3, -0.25) is 4.57 Å². The molecule has 0 rings (SSSR count). The van der Waals surface area contributed by atoms with E-state index in [9.17, 15) is 4.57 Å². The van der Waals surface area contributed by atoms with Crippen LogP contribution >= 0.6 is 16.3 Å². The molecule has 0 aromatic rings. The fraction of sp³-hybridized carbons (Fsp3) is 1.00. The van der Waals surface area contributed by atoms with Gasteiger partial charge in [0.15, 0.2) is 6.16 Å². The van der Waals surface area contributed by atoms with Crippen molar-refractivity contribution < 1.29 is 64.3 Å². The van der Waals surface area contributed by atoms with Crippen molar-refractivity contribution in [1.82, 2.24) is 0 Å². The van der Waals surface area contributed by atoms with E-state index in [0.717, 1.165) is 19.0 Å². The first-order valence-electron chi connectivity index (χ1n) is 9.97. The van der Waals surface area contributed by atoms with E-state index in [0.29, 0.717) is 12.5 Å². The Morgan fingerprint density at radius 1 is 0.885 bits per heavy atom. The first-order chi connectivity index (χ1) is 12.0. The summed E-state index contributed by atoms with van der Waals surface area (Å²) < 4.78 is 26.1. The van der Waals surface area contributed by atoms with E-state index in [1.54, 1.807) is 0 Å². The van der Waals surface area contributed by atoms with Crippen LogP contribution in [0.1, 0.15) is 97.8 Å². The summed E-state index contributed by atoms with van der Waals surface area (Å²) in [6.45, 7) is 7.37. The van der Waals surface area contributed by atoms with Gasteiger partial charge in [0.05, 0.1) is 0 Å². The summed E-state index contributed by atoms with van der Waals surface area (Å²) >= 11 is 0. The van der Waals surface area contributed by atoms with Gasteiger partial charge in [-0.05, 0) is 29.7 Å². The van der Waals surface area contributed by atoms with Crippen LogP contribution in [0.5, 0.6) is 0 Å². The third-order valence-electron chi connectivity index (χ3n) is 4.19. The van der Waals surface area contributed by atoms with Gasteiger partial charge in [-0.15, -0.1) is 4.52 Å². The molecule has 0 spiro atoms. The molecule has 0 amide bonds. The van der Waals surface area contributed by atoms with E-state index in [1.165, 1.54) is 64.2 Å². The van der Waals surface area contributed by atoms with Crippen molar-refractivity contribution in [2.75, 3.05) is 12.8 Å². The summed E-state index contributed by atoms with van der Waals surface area (Å²) in [6.07, 6.45) is 16.0. The summed E-state index contributed by atoms with van der Waals surface area (Å²) in [7, 11) is -4.54. The van der Waals surface area contributed by atoms with Gasteiger partial charge in [-0.2, -0.15) is 0 Å². The minimum Gasteiger partial charge on any atom is -0.326 e. The number of hydrogen-bond donors (Lipinski definition) is 2. The standard InChI is InChI=1S/C18H38O2P.Nd.H3O3P/c1-4-7-9-10-11-12-13-14-16-21(19)20-17-18(6-3)15-8-5-2;;1-4(2)3/h18H,4-17H2,1-3H3;;4H,(H2,1,2,3)/q+1;;. The van der Waals surface area contributed by atoms with E-state index >= 15 is 0 Å². The third kappa shape index (κ3) is 30.3. The van der Waals surface area contributed by atoms with E-state index < -0.39 is 16.3 Å². The second-order valence-electron chi connectivity index (χ2n) is 6.53. The van der Waals surface area contributed by atoms with Gasteiger partial charge in [0, 0.05) is 40.8 Å². The first kappa shape index (κ1) is 32.2. The van der Waals surface area contributed by atoms with E-state index in [2.05, 4.69) is 20.8 Å². The molecule has 0 bridgehead atoms. The zero-order valence-corrected chi connectivity index (χ0v) is 22.1. The molecule has 0 saturated heterocycles. The van der Waals surface area contributed by atoms with Gasteiger partial charge in [0.1, 0.15) is 6.61 Å². The van der Waals surface area contributed by atoms with Crippen LogP contribution < -0.4 is 0 Å². The van der Waals surface area contributed by atoms with Crippen molar-refractivity contribution >= 4 is 16.3 Å². The van der Waals surface area contributed by atoms with Gasteiger partial charge in [-0.25, -0.2) is 0 Å². The van der Waals surface area contributed by atoms with Crippen molar-refractivity contribution in [3.8, 4) is 0 Å². The molecule has 0 saturated carbocycles. The summed E-state index contributed by atoms with van der Waals surface area (Å²) in [5.74, 6) is 0.600. The molecule has 0 aliphatic carbocycles. The topological polar surface area (TPSA) is 83.8 Å². The van der Waals surface area contributed by atoms with Crippen molar-refractivity contribution in [1.29, 1.82) is 0 Å². The van der Waals surface area contributed by atoms with Crippen molar-refractivity contribution in [3.05, 3.63) is 0 Å². The fourth-order valence-corrected chi connectivity index (χ4v) is 3.51. The molecule has 2 unspecified atom stereocenters. The molecule has 0 heterocycles. The molecule has 2 N–H and O–H groups in total. The SMILES string of the molecule is CCCCCCCCCC[P+](=O)OCC(CC)CCCC.O=[PH](O)O.[Nd]. The van der Waals surface area contributed by atoms with Crippen molar-refractivity contribution in [3.63, 3.8) is 0 Å². The van der Waals surface area contributed by atoms with Crippen LogP contribution in [0.4, 0.5) is 0 Å². The molecule has 2 atom stereocenters. The van der Waals surface area contributed by atoms with E-state index in [4.69, 9.17) is 18.9 Å². The van der Waals surface area contributed by atoms with Gasteiger partial charge in [0.25, 0.3) is 0 Å². The predicted octanol–water partition coefficient (Wildman–Crippen LogP) is 6.46. The van der Waals surface area contributed by atoms with Crippen LogP contribution in [0, 0.1) is 46.8 Å². The Hall–Kier alpha value is 1.56. The first-order valence-corrected chi connectivity index (χ1v) is 12.6. The predicted molar refractivity (Wildman–Crippen MR) is 108 cm³/mol. The summed E-state index contributed by atoms with van der Waals surface area (Å²) in [6, 6.07) is 0. The summed E-state index contributed by atoms with van der Waals surface area (Å²) in [5, 5.41) is 0. The molecule has 0 aliphatic heterocycles. The van der Waals surface area contributed by atoms with Crippen LogP contribution in [0.2, 0.25) is 0 Å². The van der Waals surface area contributed by atoms with E-state index in [-0.39, 0.29) is 40.8 Å². The molecule has 156 valence electrons. The van der Waals surface area contributed by atoms with E-state index in [1.807, 2.05) is 0 Å². The van der Waals surface area contributed by atoms with Crippen LogP contribution in [0.25, 0.3) is 0 Å². The zero-order chi connectivity index (χ0) is 19.3. The Balaban J connectivity index is -0.000000951. The van der Waals surface area contributed by atoms with Gasteiger partial charge in [0.2, 0.25) is 0 Å². The van der Waals surface area contributed by atoms with Gasteiger partial charge in [-0.1, -0.05) is 78.6 Å². The molecule has 0 aromatic heterocycles. The second kappa shape index (κ2) is 26.6. The van der Waals surface area contributed by atoms with Crippen molar-refractivity contribution in [2.45, 2.75) is 97.8 Å². The maximum absolute atomic E-state index is 11.8. The second-order valence-corrected chi connectivity index (χ2v) is 8.46. The van der Waals surface area contributed by atoms with Crippen LogP contribution in [-0.4, -0.2) is 22.6 Å². The largest absolute Gasteiger partial charge is 0.508 e. The maximum Gasteiger partial charge on any atom is 0.508 e. The fourth-order valence-electron chi connectivity index (χ4n) is 2.53.